The Morgan fingerprint density at radius 2 is 1.14 bits per heavy atom. The van der Waals surface area contributed by atoms with Crippen LogP contribution in [-0.4, -0.2) is 59.1 Å². The van der Waals surface area contributed by atoms with E-state index in [4.69, 9.17) is 4.79 Å². The SMILES string of the molecule is C=C(C(=O)OC)C(C(=O)OC)=C([CH-]C(=O)OC)C(=O)OC.[CH-]=O.[Ru+5].[Ru].[cH-]1[cH-][cH-][cH-][cH-]1.c1cc[cH-]c1. The van der Waals surface area contributed by atoms with E-state index in [0.29, 0.717) is 6.42 Å². The van der Waals surface area contributed by atoms with E-state index in [1.165, 1.54) is 0 Å². The molecule has 0 fully saturated rings. The molecular formula is C24H26O9Ru2-3. The largest absolute Gasteiger partial charge is 5.00 e. The molecule has 35 heavy (non-hydrogen) atoms. The number of hydrogen-bond acceptors (Lipinski definition) is 9. The van der Waals surface area contributed by atoms with Gasteiger partial charge in [-0.1, -0.05) is 18.6 Å². The van der Waals surface area contributed by atoms with Crippen LogP contribution in [0, 0.1) is 6.42 Å². The number of methoxy groups -OCH3 is 4. The molecule has 9 nitrogen and oxygen atoms in total. The number of ether oxygens (including phenoxy) is 4. The smallest absolute Gasteiger partial charge is 0.748 e. The summed E-state index contributed by atoms with van der Waals surface area (Å²) in [6.45, 7) is 6.60. The molecule has 0 aliphatic heterocycles. The molecule has 2 aromatic carbocycles. The van der Waals surface area contributed by atoms with Crippen LogP contribution in [0.3, 0.4) is 0 Å². The zero-order valence-corrected chi connectivity index (χ0v) is 23.0. The summed E-state index contributed by atoms with van der Waals surface area (Å²) in [7, 11) is 4.19. The molecule has 0 saturated carbocycles. The average molecular weight is 661 g/mol. The first-order chi connectivity index (χ1) is 15.8. The first-order valence-corrected chi connectivity index (χ1v) is 9.02. The Labute approximate surface area is 230 Å². The first-order valence-electron chi connectivity index (χ1n) is 9.02. The maximum atomic E-state index is 11.8. The van der Waals surface area contributed by atoms with Gasteiger partial charge < -0.3 is 58.9 Å². The molecule has 1 radical (unpaired) electrons. The van der Waals surface area contributed by atoms with Gasteiger partial charge in [0.25, 0.3) is 11.9 Å². The zero-order valence-electron chi connectivity index (χ0n) is 19.5. The van der Waals surface area contributed by atoms with Crippen molar-refractivity contribution in [2.75, 3.05) is 28.4 Å². The van der Waals surface area contributed by atoms with E-state index >= 15 is 0 Å². The van der Waals surface area contributed by atoms with Gasteiger partial charge in [-0.05, 0) is 5.57 Å². The molecule has 2 aromatic rings. The third-order valence-electron chi connectivity index (χ3n) is 3.37. The molecule has 0 spiro atoms. The summed E-state index contributed by atoms with van der Waals surface area (Å²) in [5, 5.41) is 0. The van der Waals surface area contributed by atoms with Crippen molar-refractivity contribution in [2.24, 2.45) is 0 Å². The molecule has 0 aliphatic carbocycles. The number of carbonyl (C=O) groups excluding carboxylic acids is 5. The molecule has 0 aromatic heterocycles. The van der Waals surface area contributed by atoms with Crippen LogP contribution in [0.25, 0.3) is 0 Å². The van der Waals surface area contributed by atoms with Crippen LogP contribution < -0.4 is 0 Å². The minimum Gasteiger partial charge on any atom is -0.748 e. The van der Waals surface area contributed by atoms with Crippen molar-refractivity contribution in [3.8, 4) is 0 Å². The molecule has 11 heteroatoms. The van der Waals surface area contributed by atoms with Gasteiger partial charge in [-0.3, -0.25) is 16.4 Å². The number of esters is 4. The standard InChI is InChI=1S/C13H15O8.2C5H5.CHO.2Ru/c1-7(11(15)19-3)10(13(17)21-5)8(12(16)20-4)6-9(14)18-2;2*1-2-4-5-3-1;1-2;;/h6H,1H2,2-5H3;2*1-5H;1H;;/q-1;-5;2*-1;;+5. The average Bonchev–Trinajstić information content (AvgIpc) is 3.62. The fourth-order valence-corrected chi connectivity index (χ4v) is 1.88. The van der Waals surface area contributed by atoms with Crippen LogP contribution in [0.5, 0.6) is 0 Å². The summed E-state index contributed by atoms with van der Waals surface area (Å²) < 4.78 is 17.7. The van der Waals surface area contributed by atoms with Crippen LogP contribution in [0.1, 0.15) is 0 Å². The normalized spacial score (nSPS) is 8.80. The number of rotatable bonds is 6. The van der Waals surface area contributed by atoms with Gasteiger partial charge in [-0.15, -0.1) is 0 Å². The van der Waals surface area contributed by atoms with Gasteiger partial charge in [0, 0.05) is 25.1 Å². The third-order valence-corrected chi connectivity index (χ3v) is 3.37. The Hall–Kier alpha value is -3.15. The Balaban J connectivity index is -0.000000278. The Kier molecular flexibility index (Phi) is 28.4. The van der Waals surface area contributed by atoms with Gasteiger partial charge in [0.15, 0.2) is 0 Å². The molecule has 0 heterocycles. The quantitative estimate of drug-likeness (QED) is 0.0874. The van der Waals surface area contributed by atoms with Gasteiger partial charge in [-0.2, -0.15) is 18.2 Å². The molecule has 0 N–H and O–H groups in total. The maximum absolute atomic E-state index is 11.8. The Morgan fingerprint density at radius 1 is 0.743 bits per heavy atom. The maximum Gasteiger partial charge on any atom is 5.00 e. The van der Waals surface area contributed by atoms with Crippen molar-refractivity contribution in [1.29, 1.82) is 0 Å². The summed E-state index contributed by atoms with van der Waals surface area (Å²) in [6, 6.07) is 20.0. The van der Waals surface area contributed by atoms with E-state index in [1.807, 2.05) is 60.7 Å². The monoisotopic (exact) mass is 662 g/mol. The van der Waals surface area contributed by atoms with Crippen molar-refractivity contribution in [3.05, 3.63) is 90.4 Å². The molecule has 0 atom stereocenters. The first kappa shape index (κ1) is 39.1. The van der Waals surface area contributed by atoms with Gasteiger partial charge in [0.1, 0.15) is 0 Å². The summed E-state index contributed by atoms with van der Waals surface area (Å²) in [6.07, 6.45) is 0.687. The minimum absolute atomic E-state index is 0. The fourth-order valence-electron chi connectivity index (χ4n) is 1.88. The van der Waals surface area contributed by atoms with Gasteiger partial charge in [0.2, 0.25) is 5.97 Å². The summed E-state index contributed by atoms with van der Waals surface area (Å²) >= 11 is 0. The van der Waals surface area contributed by atoms with Crippen LogP contribution >= 0.6 is 0 Å². The molecule has 0 amide bonds. The van der Waals surface area contributed by atoms with E-state index in [2.05, 4.69) is 32.3 Å². The van der Waals surface area contributed by atoms with Crippen LogP contribution in [0.15, 0.2) is 84.0 Å². The second kappa shape index (κ2) is 25.5. The van der Waals surface area contributed by atoms with Crippen molar-refractivity contribution in [1.82, 2.24) is 0 Å². The van der Waals surface area contributed by atoms with Crippen molar-refractivity contribution in [3.63, 3.8) is 0 Å². The fraction of sp³-hybridized carbons (Fsp3) is 0.167. The minimum atomic E-state index is -1.06. The predicted octanol–water partition coefficient (Wildman–Crippen LogP) is 2.27. The van der Waals surface area contributed by atoms with Gasteiger partial charge in [0.05, 0.1) is 28.4 Å². The second-order valence-electron chi connectivity index (χ2n) is 5.33. The van der Waals surface area contributed by atoms with Crippen LogP contribution in [0.4, 0.5) is 0 Å². The summed E-state index contributed by atoms with van der Waals surface area (Å²) in [4.78, 5) is 54.0. The Bertz CT molecular complexity index is 810. The van der Waals surface area contributed by atoms with Gasteiger partial charge in [-0.25, -0.2) is 16.9 Å². The topological polar surface area (TPSA) is 122 Å². The summed E-state index contributed by atoms with van der Waals surface area (Å²) in [5.74, 6) is -4.03. The molecule has 2 rings (SSSR count). The van der Waals surface area contributed by atoms with E-state index in [9.17, 15) is 19.2 Å². The predicted molar refractivity (Wildman–Crippen MR) is 119 cm³/mol. The Morgan fingerprint density at radius 3 is 1.43 bits per heavy atom. The van der Waals surface area contributed by atoms with E-state index in [-0.39, 0.29) is 39.0 Å². The molecule has 0 unspecified atom stereocenters. The zero-order chi connectivity index (χ0) is 25.6. The molecule has 195 valence electrons. The van der Waals surface area contributed by atoms with Crippen LogP contribution in [-0.2, 0) is 81.9 Å². The number of hydrogen-bond donors (Lipinski definition) is 0. The van der Waals surface area contributed by atoms with Gasteiger partial charge >= 0.3 is 25.4 Å². The van der Waals surface area contributed by atoms with Crippen molar-refractivity contribution < 1.29 is 81.9 Å². The third kappa shape index (κ3) is 17.0. The van der Waals surface area contributed by atoms with E-state index in [0.717, 1.165) is 28.4 Å². The van der Waals surface area contributed by atoms with E-state index < -0.39 is 40.6 Å². The molecular weight excluding hydrogens is 634 g/mol. The van der Waals surface area contributed by atoms with E-state index in [1.54, 1.807) is 0 Å². The summed E-state index contributed by atoms with van der Waals surface area (Å²) in [5.41, 5.74) is -1.56. The molecule has 0 saturated heterocycles. The van der Waals surface area contributed by atoms with Crippen molar-refractivity contribution >= 4 is 30.7 Å². The molecule has 0 bridgehead atoms. The second-order valence-corrected chi connectivity index (χ2v) is 5.33. The number of carbonyl (C=O) groups is 4. The van der Waals surface area contributed by atoms with Crippen molar-refractivity contribution in [2.45, 2.75) is 0 Å². The van der Waals surface area contributed by atoms with Crippen LogP contribution in [0.2, 0.25) is 0 Å². The molecule has 0 aliphatic rings.